The van der Waals surface area contributed by atoms with Gasteiger partial charge >= 0.3 is 0 Å². The first kappa shape index (κ1) is 27.0. The first-order chi connectivity index (χ1) is 18.2. The lowest BCUT2D eigenvalue weighted by Crippen LogP contribution is -2.38. The fourth-order valence-electron chi connectivity index (χ4n) is 4.40. The molecule has 0 saturated carbocycles. The molecule has 200 valence electrons. The second-order valence-corrected chi connectivity index (χ2v) is 10.1. The van der Waals surface area contributed by atoms with Gasteiger partial charge < -0.3 is 24.4 Å². The van der Waals surface area contributed by atoms with E-state index in [0.717, 1.165) is 23.2 Å². The molecule has 1 aliphatic heterocycles. The number of amides is 2. The fourth-order valence-corrected chi connectivity index (χ4v) is 4.40. The summed E-state index contributed by atoms with van der Waals surface area (Å²) in [7, 11) is 3.20. The van der Waals surface area contributed by atoms with Crippen molar-refractivity contribution in [3.63, 3.8) is 0 Å². The molecule has 2 amide bonds. The molecule has 4 rings (SSSR count). The predicted octanol–water partition coefficient (Wildman–Crippen LogP) is 5.29. The van der Waals surface area contributed by atoms with Crippen molar-refractivity contribution in [3.8, 4) is 17.2 Å². The molecule has 1 N–H and O–H groups in total. The topological polar surface area (TPSA) is 77.1 Å². The second kappa shape index (κ2) is 11.6. The van der Waals surface area contributed by atoms with Gasteiger partial charge in [0.1, 0.15) is 5.75 Å². The van der Waals surface area contributed by atoms with Gasteiger partial charge in [-0.15, -0.1) is 0 Å². The Kier molecular flexibility index (Phi) is 8.25. The third-order valence-corrected chi connectivity index (χ3v) is 7.27. The van der Waals surface area contributed by atoms with E-state index in [0.29, 0.717) is 42.3 Å². The van der Waals surface area contributed by atoms with Gasteiger partial charge in [-0.3, -0.25) is 9.59 Å². The van der Waals surface area contributed by atoms with E-state index in [2.05, 4.69) is 38.2 Å². The zero-order valence-corrected chi connectivity index (χ0v) is 22.8. The normalized spacial score (nSPS) is 13.0. The minimum absolute atomic E-state index is 0.00432. The monoisotopic (exact) mass is 516 g/mol. The summed E-state index contributed by atoms with van der Waals surface area (Å²) in [6.45, 7) is 7.47. The van der Waals surface area contributed by atoms with Crippen molar-refractivity contribution in [3.05, 3.63) is 82.9 Å². The van der Waals surface area contributed by atoms with Crippen molar-refractivity contribution in [2.45, 2.75) is 45.6 Å². The Balaban J connectivity index is 1.40. The number of nitrogens with one attached hydrogen (secondary N) is 1. The van der Waals surface area contributed by atoms with Crippen molar-refractivity contribution in [1.29, 1.82) is 0 Å². The molecule has 38 heavy (non-hydrogen) atoms. The molecule has 7 heteroatoms. The molecule has 0 aromatic heterocycles. The van der Waals surface area contributed by atoms with E-state index in [4.69, 9.17) is 14.2 Å². The molecule has 1 aliphatic rings. The Hall–Kier alpha value is -4.00. The first-order valence-corrected chi connectivity index (χ1v) is 12.9. The highest BCUT2D eigenvalue weighted by Gasteiger charge is 2.28. The highest BCUT2D eigenvalue weighted by Crippen LogP contribution is 2.38. The molecule has 0 aliphatic carbocycles. The van der Waals surface area contributed by atoms with Crippen LogP contribution < -0.4 is 24.4 Å². The standard InChI is InChI=1S/C31H36N2O5/c1-6-31(2,3)24-12-14-26-25(18-24)33(29(34)20-38-26)19-22-7-10-23(11-8-22)30(35)32-16-15-21-9-13-27(36-4)28(17-21)37-5/h7-14,17-18H,6,15-16,19-20H2,1-5H3,(H,32,35). The number of carbonyl (C=O) groups excluding carboxylic acids is 2. The molecular formula is C31H36N2O5. The number of methoxy groups -OCH3 is 2. The molecule has 3 aromatic rings. The number of hydrogen-bond donors (Lipinski definition) is 1. The maximum atomic E-state index is 12.8. The van der Waals surface area contributed by atoms with E-state index in [9.17, 15) is 9.59 Å². The molecule has 0 fully saturated rings. The summed E-state index contributed by atoms with van der Waals surface area (Å²) in [5.74, 6) is 1.83. The second-order valence-electron chi connectivity index (χ2n) is 10.1. The van der Waals surface area contributed by atoms with Crippen LogP contribution in [0.3, 0.4) is 0 Å². The van der Waals surface area contributed by atoms with Crippen molar-refractivity contribution in [1.82, 2.24) is 5.32 Å². The summed E-state index contributed by atoms with van der Waals surface area (Å²) >= 11 is 0. The van der Waals surface area contributed by atoms with Gasteiger partial charge in [-0.1, -0.05) is 45.0 Å². The van der Waals surface area contributed by atoms with Crippen LogP contribution >= 0.6 is 0 Å². The summed E-state index contributed by atoms with van der Waals surface area (Å²) in [6, 6.07) is 19.2. The van der Waals surface area contributed by atoms with Crippen LogP contribution in [0, 0.1) is 0 Å². The van der Waals surface area contributed by atoms with Gasteiger partial charge in [0, 0.05) is 12.1 Å². The van der Waals surface area contributed by atoms with E-state index in [1.807, 2.05) is 36.4 Å². The largest absolute Gasteiger partial charge is 0.493 e. The van der Waals surface area contributed by atoms with Crippen molar-refractivity contribution in [2.24, 2.45) is 0 Å². The highest BCUT2D eigenvalue weighted by atomic mass is 16.5. The number of nitrogens with zero attached hydrogens (tertiary/aromatic N) is 1. The molecule has 0 atom stereocenters. The van der Waals surface area contributed by atoms with Crippen LogP contribution in [0.15, 0.2) is 60.7 Å². The van der Waals surface area contributed by atoms with Gasteiger partial charge in [0.25, 0.3) is 11.8 Å². The number of rotatable bonds is 10. The fraction of sp³-hybridized carbons (Fsp3) is 0.355. The highest BCUT2D eigenvalue weighted by molar-refractivity contribution is 5.98. The van der Waals surface area contributed by atoms with Gasteiger partial charge in [-0.2, -0.15) is 0 Å². The number of anilines is 1. The van der Waals surface area contributed by atoms with Crippen molar-refractivity contribution in [2.75, 3.05) is 32.3 Å². The molecule has 0 bridgehead atoms. The van der Waals surface area contributed by atoms with E-state index in [1.165, 1.54) is 5.56 Å². The Bertz CT molecular complexity index is 1300. The van der Waals surface area contributed by atoms with Crippen LogP contribution in [-0.4, -0.2) is 39.2 Å². The number of carbonyl (C=O) groups is 2. The number of ether oxygens (including phenoxy) is 3. The lowest BCUT2D eigenvalue weighted by atomic mass is 9.82. The Morgan fingerprint density at radius 2 is 1.68 bits per heavy atom. The molecule has 0 radical (unpaired) electrons. The van der Waals surface area contributed by atoms with Gasteiger partial charge in [0.2, 0.25) is 0 Å². The van der Waals surface area contributed by atoms with Crippen LogP contribution in [0.25, 0.3) is 0 Å². The molecule has 7 nitrogen and oxygen atoms in total. The average Bonchev–Trinajstić information content (AvgIpc) is 2.94. The summed E-state index contributed by atoms with van der Waals surface area (Å²) in [5.41, 5.74) is 4.50. The Labute approximate surface area is 224 Å². The Morgan fingerprint density at radius 3 is 2.37 bits per heavy atom. The maximum absolute atomic E-state index is 12.8. The van der Waals surface area contributed by atoms with Gasteiger partial charge in [0.15, 0.2) is 18.1 Å². The summed E-state index contributed by atoms with van der Waals surface area (Å²) in [6.07, 6.45) is 1.65. The van der Waals surface area contributed by atoms with Crippen LogP contribution in [0.5, 0.6) is 17.2 Å². The minimum Gasteiger partial charge on any atom is -0.493 e. The quantitative estimate of drug-likeness (QED) is 0.396. The van der Waals surface area contributed by atoms with Crippen molar-refractivity contribution < 1.29 is 23.8 Å². The lowest BCUT2D eigenvalue weighted by molar-refractivity contribution is -0.121. The number of benzene rings is 3. The molecule has 0 spiro atoms. The summed E-state index contributed by atoms with van der Waals surface area (Å²) < 4.78 is 16.3. The molecule has 0 saturated heterocycles. The minimum atomic E-state index is -0.142. The molecule has 3 aromatic carbocycles. The van der Waals surface area contributed by atoms with Crippen LogP contribution in [0.4, 0.5) is 5.69 Å². The Morgan fingerprint density at radius 1 is 0.974 bits per heavy atom. The third-order valence-electron chi connectivity index (χ3n) is 7.27. The zero-order chi connectivity index (χ0) is 27.3. The first-order valence-electron chi connectivity index (χ1n) is 12.9. The van der Waals surface area contributed by atoms with E-state index in [1.54, 1.807) is 31.3 Å². The third kappa shape index (κ3) is 5.93. The molecular weight excluding hydrogens is 480 g/mol. The smallest absolute Gasteiger partial charge is 0.265 e. The SMILES string of the molecule is CCC(C)(C)c1ccc2c(c1)N(Cc1ccc(C(=O)NCCc3ccc(OC)c(OC)c3)cc1)C(=O)CO2. The average molecular weight is 517 g/mol. The molecule has 0 unspecified atom stereocenters. The van der Waals surface area contributed by atoms with Gasteiger partial charge in [-0.25, -0.2) is 0 Å². The van der Waals surface area contributed by atoms with E-state index in [-0.39, 0.29) is 23.8 Å². The van der Waals surface area contributed by atoms with E-state index >= 15 is 0 Å². The van der Waals surface area contributed by atoms with E-state index < -0.39 is 0 Å². The summed E-state index contributed by atoms with van der Waals surface area (Å²) in [4.78, 5) is 27.3. The van der Waals surface area contributed by atoms with Gasteiger partial charge in [0.05, 0.1) is 26.5 Å². The van der Waals surface area contributed by atoms with Gasteiger partial charge in [-0.05, 0) is 71.3 Å². The number of hydrogen-bond acceptors (Lipinski definition) is 5. The van der Waals surface area contributed by atoms with Crippen LogP contribution in [0.1, 0.15) is 54.2 Å². The zero-order valence-electron chi connectivity index (χ0n) is 22.8. The number of fused-ring (bicyclic) bond motifs is 1. The maximum Gasteiger partial charge on any atom is 0.265 e. The van der Waals surface area contributed by atoms with Crippen molar-refractivity contribution >= 4 is 17.5 Å². The predicted molar refractivity (Wildman–Crippen MR) is 148 cm³/mol. The van der Waals surface area contributed by atoms with Crippen LogP contribution in [-0.2, 0) is 23.2 Å². The lowest BCUT2D eigenvalue weighted by Gasteiger charge is -2.32. The summed E-state index contributed by atoms with van der Waals surface area (Å²) in [5, 5.41) is 2.97. The van der Waals surface area contributed by atoms with Crippen LogP contribution in [0.2, 0.25) is 0 Å². The molecule has 1 heterocycles.